The lowest BCUT2D eigenvalue weighted by Crippen LogP contribution is -2.26. The number of aliphatic hydroxyl groups is 1. The summed E-state index contributed by atoms with van der Waals surface area (Å²) in [6.45, 7) is 5.09. The average molecular weight is 230 g/mol. The van der Waals surface area contributed by atoms with E-state index in [1.165, 1.54) is 0 Å². The molecule has 0 saturated carbocycles. The lowest BCUT2D eigenvalue weighted by Gasteiger charge is -2.25. The van der Waals surface area contributed by atoms with Gasteiger partial charge in [-0.3, -0.25) is 0 Å². The summed E-state index contributed by atoms with van der Waals surface area (Å²) in [5.74, 6) is -0.488. The molecule has 0 bridgehead atoms. The van der Waals surface area contributed by atoms with Crippen molar-refractivity contribution in [1.82, 2.24) is 0 Å². The number of rotatable bonds is 2. The number of ether oxygens (including phenoxy) is 1. The molecule has 0 radical (unpaired) electrons. The minimum atomic E-state index is -0.820. The van der Waals surface area contributed by atoms with Gasteiger partial charge in [0.15, 0.2) is 6.10 Å². The topological polar surface area (TPSA) is 46.5 Å². The highest BCUT2D eigenvalue weighted by molar-refractivity contribution is 5.87. The largest absolute Gasteiger partial charge is 0.452 e. The van der Waals surface area contributed by atoms with E-state index in [0.717, 1.165) is 11.1 Å². The number of carbonyl (C=O) groups is 1. The first-order valence-electron chi connectivity index (χ1n) is 5.41. The van der Waals surface area contributed by atoms with Crippen molar-refractivity contribution in [3.63, 3.8) is 0 Å². The molecule has 1 N–H and O–H groups in total. The van der Waals surface area contributed by atoms with Gasteiger partial charge in [0.2, 0.25) is 0 Å². The third-order valence-corrected chi connectivity index (χ3v) is 2.68. The standard InChI is InChI=1S/C14H14O3/c1-9(2)14(16)17-12-8-7-10-5-3-4-6-11(10)13(12)15/h3-8,12-13,15H,1H2,2H3/t12-,13-/m0/s1. The Morgan fingerprint density at radius 2 is 2.12 bits per heavy atom. The van der Waals surface area contributed by atoms with Crippen molar-refractivity contribution in [2.24, 2.45) is 0 Å². The van der Waals surface area contributed by atoms with Crippen LogP contribution in [0.4, 0.5) is 0 Å². The summed E-state index contributed by atoms with van der Waals surface area (Å²) in [5.41, 5.74) is 2.04. The van der Waals surface area contributed by atoms with Gasteiger partial charge in [-0.05, 0) is 24.1 Å². The number of carbonyl (C=O) groups excluding carboxylic acids is 1. The lowest BCUT2D eigenvalue weighted by atomic mass is 9.93. The van der Waals surface area contributed by atoms with Gasteiger partial charge in [-0.2, -0.15) is 0 Å². The minimum absolute atomic E-state index is 0.324. The fourth-order valence-corrected chi connectivity index (χ4v) is 1.74. The van der Waals surface area contributed by atoms with E-state index in [1.807, 2.05) is 30.3 Å². The fourth-order valence-electron chi connectivity index (χ4n) is 1.74. The van der Waals surface area contributed by atoms with E-state index in [-0.39, 0.29) is 0 Å². The molecule has 0 heterocycles. The average Bonchev–Trinajstić information content (AvgIpc) is 2.33. The number of fused-ring (bicyclic) bond motifs is 1. The van der Waals surface area contributed by atoms with Crippen LogP contribution >= 0.6 is 0 Å². The maximum absolute atomic E-state index is 11.4. The molecule has 0 spiro atoms. The second-order valence-corrected chi connectivity index (χ2v) is 4.08. The number of benzene rings is 1. The van der Waals surface area contributed by atoms with Crippen molar-refractivity contribution in [3.05, 3.63) is 53.6 Å². The number of hydrogen-bond acceptors (Lipinski definition) is 3. The molecule has 0 aromatic heterocycles. The number of aliphatic hydroxyl groups excluding tert-OH is 1. The molecular weight excluding hydrogens is 216 g/mol. The Bertz CT molecular complexity index is 488. The van der Waals surface area contributed by atoms with Gasteiger partial charge in [0.25, 0.3) is 0 Å². The van der Waals surface area contributed by atoms with Crippen LogP contribution in [-0.2, 0) is 9.53 Å². The maximum atomic E-state index is 11.4. The Balaban J connectivity index is 2.20. The molecule has 0 amide bonds. The van der Waals surface area contributed by atoms with E-state index >= 15 is 0 Å². The van der Waals surface area contributed by atoms with Crippen LogP contribution in [0.15, 0.2) is 42.5 Å². The van der Waals surface area contributed by atoms with Gasteiger partial charge in [-0.1, -0.05) is 36.9 Å². The van der Waals surface area contributed by atoms with Gasteiger partial charge in [0.1, 0.15) is 6.10 Å². The van der Waals surface area contributed by atoms with Crippen LogP contribution in [0.25, 0.3) is 6.08 Å². The summed E-state index contributed by atoms with van der Waals surface area (Å²) in [4.78, 5) is 11.4. The van der Waals surface area contributed by atoms with Gasteiger partial charge >= 0.3 is 5.97 Å². The summed E-state index contributed by atoms with van der Waals surface area (Å²) in [6.07, 6.45) is 2.07. The SMILES string of the molecule is C=C(C)C(=O)O[C@H]1C=Cc2ccccc2[C@@H]1O. The highest BCUT2D eigenvalue weighted by Crippen LogP contribution is 2.29. The zero-order valence-electron chi connectivity index (χ0n) is 9.59. The fraction of sp³-hybridized carbons (Fsp3) is 0.214. The second-order valence-electron chi connectivity index (χ2n) is 4.08. The summed E-state index contributed by atoms with van der Waals surface area (Å²) in [7, 11) is 0. The maximum Gasteiger partial charge on any atom is 0.333 e. The molecule has 0 fully saturated rings. The van der Waals surface area contributed by atoms with Gasteiger partial charge in [-0.15, -0.1) is 0 Å². The van der Waals surface area contributed by atoms with Crippen molar-refractivity contribution in [1.29, 1.82) is 0 Å². The predicted molar refractivity (Wildman–Crippen MR) is 65.1 cm³/mol. The van der Waals surface area contributed by atoms with Crippen LogP contribution in [0.5, 0.6) is 0 Å². The van der Waals surface area contributed by atoms with Crippen LogP contribution in [0, 0.1) is 0 Å². The van der Waals surface area contributed by atoms with Crippen LogP contribution in [0.1, 0.15) is 24.2 Å². The first-order valence-corrected chi connectivity index (χ1v) is 5.41. The second kappa shape index (κ2) is 4.55. The molecule has 88 valence electrons. The van der Waals surface area contributed by atoms with E-state index in [0.29, 0.717) is 5.57 Å². The number of hydrogen-bond donors (Lipinski definition) is 1. The van der Waals surface area contributed by atoms with Crippen LogP contribution in [0.3, 0.4) is 0 Å². The Morgan fingerprint density at radius 3 is 2.82 bits per heavy atom. The van der Waals surface area contributed by atoms with E-state index < -0.39 is 18.2 Å². The summed E-state index contributed by atoms with van der Waals surface area (Å²) < 4.78 is 5.15. The molecule has 2 rings (SSSR count). The van der Waals surface area contributed by atoms with Crippen molar-refractivity contribution in [2.75, 3.05) is 0 Å². The molecule has 0 unspecified atom stereocenters. The molecule has 0 saturated heterocycles. The van der Waals surface area contributed by atoms with E-state index in [4.69, 9.17) is 4.74 Å². The molecular formula is C14H14O3. The van der Waals surface area contributed by atoms with Gasteiger partial charge < -0.3 is 9.84 Å². The van der Waals surface area contributed by atoms with E-state index in [2.05, 4.69) is 6.58 Å². The molecule has 1 aliphatic rings. The van der Waals surface area contributed by atoms with Gasteiger partial charge in [-0.25, -0.2) is 4.79 Å². The Kier molecular flexibility index (Phi) is 3.11. The smallest absolute Gasteiger partial charge is 0.333 e. The monoisotopic (exact) mass is 230 g/mol. The zero-order valence-corrected chi connectivity index (χ0v) is 9.59. The van der Waals surface area contributed by atoms with Crippen LogP contribution in [-0.4, -0.2) is 17.2 Å². The minimum Gasteiger partial charge on any atom is -0.452 e. The summed E-state index contributed by atoms with van der Waals surface area (Å²) in [5, 5.41) is 10.1. The van der Waals surface area contributed by atoms with Gasteiger partial charge in [0, 0.05) is 5.57 Å². The first-order chi connectivity index (χ1) is 8.09. The predicted octanol–water partition coefficient (Wildman–Crippen LogP) is 2.23. The molecule has 2 atom stereocenters. The molecule has 1 aliphatic carbocycles. The quantitative estimate of drug-likeness (QED) is 0.626. The third-order valence-electron chi connectivity index (χ3n) is 2.68. The third kappa shape index (κ3) is 2.29. The normalized spacial score (nSPS) is 21.8. The molecule has 1 aromatic rings. The Hall–Kier alpha value is -1.87. The van der Waals surface area contributed by atoms with Crippen molar-refractivity contribution < 1.29 is 14.6 Å². The van der Waals surface area contributed by atoms with Crippen LogP contribution in [0.2, 0.25) is 0 Å². The first kappa shape index (κ1) is 11.6. The van der Waals surface area contributed by atoms with Gasteiger partial charge in [0.05, 0.1) is 0 Å². The Labute approximate surface area is 100 Å². The molecule has 3 heteroatoms. The highest BCUT2D eigenvalue weighted by atomic mass is 16.6. The molecule has 3 nitrogen and oxygen atoms in total. The molecule has 0 aliphatic heterocycles. The molecule has 17 heavy (non-hydrogen) atoms. The number of esters is 1. The lowest BCUT2D eigenvalue weighted by molar-refractivity contribution is -0.147. The van der Waals surface area contributed by atoms with Crippen molar-refractivity contribution >= 4 is 12.0 Å². The van der Waals surface area contributed by atoms with Crippen molar-refractivity contribution in [3.8, 4) is 0 Å². The Morgan fingerprint density at radius 1 is 1.41 bits per heavy atom. The highest BCUT2D eigenvalue weighted by Gasteiger charge is 2.27. The summed E-state index contributed by atoms with van der Waals surface area (Å²) in [6, 6.07) is 7.48. The van der Waals surface area contributed by atoms with E-state index in [9.17, 15) is 9.90 Å². The zero-order chi connectivity index (χ0) is 12.4. The summed E-state index contributed by atoms with van der Waals surface area (Å²) >= 11 is 0. The molecule has 1 aromatic carbocycles. The van der Waals surface area contributed by atoms with Crippen LogP contribution < -0.4 is 0 Å². The van der Waals surface area contributed by atoms with E-state index in [1.54, 1.807) is 13.0 Å². The van der Waals surface area contributed by atoms with Crippen molar-refractivity contribution in [2.45, 2.75) is 19.1 Å².